The molecule has 6 heteroatoms. The number of carboxylic acids is 1. The number of fused-ring (bicyclic) bond motifs is 1. The minimum absolute atomic E-state index is 0. The largest absolute Gasteiger partial charge is 0.504 e. The van der Waals surface area contributed by atoms with Gasteiger partial charge in [0.05, 0.1) is 10.9 Å². The molecule has 0 amide bonds. The maximum Gasteiger partial charge on any atom is 0.335 e. The van der Waals surface area contributed by atoms with Gasteiger partial charge >= 0.3 is 5.97 Å². The van der Waals surface area contributed by atoms with E-state index < -0.39 is 28.6 Å². The fraction of sp³-hybridized carbons (Fsp3) is 0. The van der Waals surface area contributed by atoms with Gasteiger partial charge in [-0.15, -0.1) is 0 Å². The molecule has 0 radical (unpaired) electrons. The summed E-state index contributed by atoms with van der Waals surface area (Å²) in [6.07, 6.45) is 0. The highest BCUT2D eigenvalue weighted by Gasteiger charge is 2.13. The summed E-state index contributed by atoms with van der Waals surface area (Å²) in [6.45, 7) is 0. The van der Waals surface area contributed by atoms with E-state index in [-0.39, 0.29) is 19.2 Å². The molecule has 0 bridgehead atoms. The summed E-state index contributed by atoms with van der Waals surface area (Å²) in [5, 5.41) is 37.0. The molecule has 2 aromatic rings. The second-order valence-corrected chi connectivity index (χ2v) is 3.66. The van der Waals surface area contributed by atoms with Crippen LogP contribution in [0, 0.1) is 0 Å². The SMILES string of the molecule is O=C(O)c1cc(O)c(=O)c2c(O)c(O)ccc2c1.[HH].[HH]. The van der Waals surface area contributed by atoms with Crippen LogP contribution in [0.5, 0.6) is 17.2 Å². The Bertz CT molecular complexity index is 729. The molecular formula is C12H12O6. The molecule has 0 saturated carbocycles. The van der Waals surface area contributed by atoms with Gasteiger partial charge in [-0.3, -0.25) is 4.79 Å². The number of aromatic carboxylic acids is 1. The first-order valence-corrected chi connectivity index (χ1v) is 4.87. The molecule has 2 rings (SSSR count). The van der Waals surface area contributed by atoms with Crippen LogP contribution in [0.4, 0.5) is 0 Å². The van der Waals surface area contributed by atoms with Crippen LogP contribution in [0.3, 0.4) is 0 Å². The van der Waals surface area contributed by atoms with Crippen molar-refractivity contribution in [3.05, 3.63) is 40.1 Å². The average molecular weight is 252 g/mol. The molecule has 0 atom stereocenters. The zero-order valence-electron chi connectivity index (χ0n) is 8.91. The average Bonchev–Trinajstić information content (AvgIpc) is 2.43. The molecule has 0 aromatic heterocycles. The minimum atomic E-state index is -1.32. The Morgan fingerprint density at radius 1 is 1.06 bits per heavy atom. The monoisotopic (exact) mass is 252 g/mol. The van der Waals surface area contributed by atoms with Crippen molar-refractivity contribution in [3.63, 3.8) is 0 Å². The Morgan fingerprint density at radius 2 is 1.72 bits per heavy atom. The summed E-state index contributed by atoms with van der Waals surface area (Å²) in [5.41, 5.74) is -1.25. The van der Waals surface area contributed by atoms with Crippen molar-refractivity contribution in [2.24, 2.45) is 0 Å². The zero-order valence-corrected chi connectivity index (χ0v) is 8.91. The molecule has 0 fully saturated rings. The molecule has 0 spiro atoms. The van der Waals surface area contributed by atoms with Crippen molar-refractivity contribution in [1.29, 1.82) is 0 Å². The van der Waals surface area contributed by atoms with Gasteiger partial charge in [0.15, 0.2) is 17.2 Å². The van der Waals surface area contributed by atoms with Gasteiger partial charge in [0, 0.05) is 2.85 Å². The number of carboxylic acid groups (broad SMARTS) is 1. The Kier molecular flexibility index (Phi) is 2.55. The van der Waals surface area contributed by atoms with Crippen molar-refractivity contribution in [1.82, 2.24) is 0 Å². The number of phenolic OH excluding ortho intramolecular Hbond substituents is 2. The van der Waals surface area contributed by atoms with Crippen molar-refractivity contribution in [2.45, 2.75) is 0 Å². The van der Waals surface area contributed by atoms with Crippen LogP contribution in [0.2, 0.25) is 0 Å². The van der Waals surface area contributed by atoms with E-state index in [4.69, 9.17) is 5.11 Å². The molecule has 2 aromatic carbocycles. The standard InChI is InChI=1S/C12H8O6.2H2/c13-7-2-1-5-3-6(12(17)18)4-8(14)11(16)9(5)10(7)15;;/h1-4,13,15H,(H,14,16)(H,17,18);2*1H. The highest BCUT2D eigenvalue weighted by atomic mass is 16.4. The zero-order chi connectivity index (χ0) is 13.4. The Labute approximate surface area is 103 Å². The van der Waals surface area contributed by atoms with Crippen LogP contribution in [0.25, 0.3) is 10.8 Å². The first kappa shape index (κ1) is 11.7. The summed E-state index contributed by atoms with van der Waals surface area (Å²) in [6, 6.07) is 4.32. The highest BCUT2D eigenvalue weighted by Crippen LogP contribution is 2.32. The molecule has 4 N–H and O–H groups in total. The Morgan fingerprint density at radius 3 is 2.33 bits per heavy atom. The number of rotatable bonds is 1. The molecule has 0 aliphatic rings. The fourth-order valence-corrected chi connectivity index (χ4v) is 1.63. The maximum atomic E-state index is 11.8. The van der Waals surface area contributed by atoms with Crippen LogP contribution < -0.4 is 5.43 Å². The highest BCUT2D eigenvalue weighted by molar-refractivity contribution is 5.96. The quantitative estimate of drug-likeness (QED) is 0.572. The topological polar surface area (TPSA) is 115 Å². The summed E-state index contributed by atoms with van der Waals surface area (Å²) < 4.78 is 0. The third kappa shape index (κ3) is 1.69. The molecule has 18 heavy (non-hydrogen) atoms. The van der Waals surface area contributed by atoms with Crippen LogP contribution in [-0.2, 0) is 0 Å². The van der Waals surface area contributed by atoms with Gasteiger partial charge in [-0.05, 0) is 23.6 Å². The number of benzene rings is 1. The molecule has 0 unspecified atom stereocenters. The number of aromatic hydroxyl groups is 3. The molecule has 0 heterocycles. The van der Waals surface area contributed by atoms with Crippen LogP contribution in [-0.4, -0.2) is 26.4 Å². The summed E-state index contributed by atoms with van der Waals surface area (Å²) in [4.78, 5) is 22.6. The predicted molar refractivity (Wildman–Crippen MR) is 66.4 cm³/mol. The van der Waals surface area contributed by atoms with E-state index in [1.807, 2.05) is 0 Å². The van der Waals surface area contributed by atoms with Gasteiger partial charge in [-0.25, -0.2) is 4.79 Å². The predicted octanol–water partition coefficient (Wildman–Crippen LogP) is 1.51. The van der Waals surface area contributed by atoms with Crippen LogP contribution in [0.15, 0.2) is 29.1 Å². The smallest absolute Gasteiger partial charge is 0.335 e. The number of phenols is 2. The van der Waals surface area contributed by atoms with E-state index in [9.17, 15) is 24.9 Å². The second-order valence-electron chi connectivity index (χ2n) is 3.66. The fourth-order valence-electron chi connectivity index (χ4n) is 1.63. The van der Waals surface area contributed by atoms with Gasteiger partial charge in [0.2, 0.25) is 5.43 Å². The van der Waals surface area contributed by atoms with E-state index >= 15 is 0 Å². The van der Waals surface area contributed by atoms with Crippen molar-refractivity contribution >= 4 is 16.7 Å². The normalized spacial score (nSPS) is 10.4. The van der Waals surface area contributed by atoms with Gasteiger partial charge in [0.1, 0.15) is 0 Å². The third-order valence-corrected chi connectivity index (χ3v) is 2.50. The molecule has 0 aliphatic heterocycles. The lowest BCUT2D eigenvalue weighted by Gasteiger charge is -1.99. The number of carbonyl (C=O) groups is 1. The van der Waals surface area contributed by atoms with Crippen molar-refractivity contribution in [2.75, 3.05) is 0 Å². The van der Waals surface area contributed by atoms with E-state index in [2.05, 4.69) is 0 Å². The number of hydrogen-bond acceptors (Lipinski definition) is 5. The lowest BCUT2D eigenvalue weighted by atomic mass is 10.1. The van der Waals surface area contributed by atoms with Crippen molar-refractivity contribution in [3.8, 4) is 17.2 Å². The Hall–Kier alpha value is -2.76. The first-order chi connectivity index (χ1) is 8.41. The van der Waals surface area contributed by atoms with Crippen LogP contribution >= 0.6 is 0 Å². The van der Waals surface area contributed by atoms with Gasteiger partial charge < -0.3 is 20.4 Å². The molecule has 0 saturated heterocycles. The summed E-state index contributed by atoms with van der Waals surface area (Å²) >= 11 is 0. The van der Waals surface area contributed by atoms with E-state index in [1.165, 1.54) is 6.07 Å². The van der Waals surface area contributed by atoms with Gasteiger partial charge in [-0.2, -0.15) is 0 Å². The lowest BCUT2D eigenvalue weighted by Crippen LogP contribution is -1.97. The molecule has 96 valence electrons. The third-order valence-electron chi connectivity index (χ3n) is 2.50. The Balaban J connectivity index is 0.00000180. The summed E-state index contributed by atoms with van der Waals surface area (Å²) in [5.74, 6) is -3.36. The second kappa shape index (κ2) is 3.92. The molecule has 6 nitrogen and oxygen atoms in total. The number of hydrogen-bond donors (Lipinski definition) is 4. The van der Waals surface area contributed by atoms with E-state index in [0.29, 0.717) is 0 Å². The van der Waals surface area contributed by atoms with E-state index in [0.717, 1.165) is 18.2 Å². The van der Waals surface area contributed by atoms with Crippen LogP contribution in [0.1, 0.15) is 13.2 Å². The van der Waals surface area contributed by atoms with Gasteiger partial charge in [-0.1, -0.05) is 6.07 Å². The lowest BCUT2D eigenvalue weighted by molar-refractivity contribution is 0.0696. The minimum Gasteiger partial charge on any atom is -0.504 e. The van der Waals surface area contributed by atoms with Gasteiger partial charge in [0.25, 0.3) is 0 Å². The van der Waals surface area contributed by atoms with Crippen molar-refractivity contribution < 1.29 is 28.1 Å². The maximum absolute atomic E-state index is 11.8. The first-order valence-electron chi connectivity index (χ1n) is 4.87. The molecule has 0 aliphatic carbocycles. The summed E-state index contributed by atoms with van der Waals surface area (Å²) in [7, 11) is 0. The molecular weight excluding hydrogens is 240 g/mol. The van der Waals surface area contributed by atoms with E-state index in [1.54, 1.807) is 0 Å².